The van der Waals surface area contributed by atoms with E-state index in [-0.39, 0.29) is 47.5 Å². The van der Waals surface area contributed by atoms with Gasteiger partial charge in [-0.1, -0.05) is 23.4 Å². The standard InChI is InChI=1S/C13H8F3INO.Y/c14-9-4-2-1-3-8(9)11-6-5-10(17)13(19)18(11)7-12(15)16;/h1-5,12H,7H2;/q-1;. The van der Waals surface area contributed by atoms with Gasteiger partial charge in [0.05, 0.1) is 12.4 Å². The van der Waals surface area contributed by atoms with E-state index in [4.69, 9.17) is 0 Å². The summed E-state index contributed by atoms with van der Waals surface area (Å²) in [6.45, 7) is -0.782. The fourth-order valence-electron chi connectivity index (χ4n) is 1.69. The summed E-state index contributed by atoms with van der Waals surface area (Å²) >= 11 is 1.74. The molecule has 1 aromatic heterocycles. The Hall–Kier alpha value is -0.206. The summed E-state index contributed by atoms with van der Waals surface area (Å²) < 4.78 is 39.9. The molecule has 0 saturated carbocycles. The molecule has 0 aliphatic rings. The Labute approximate surface area is 152 Å². The second kappa shape index (κ2) is 7.70. The van der Waals surface area contributed by atoms with Crippen LogP contribution in [0.15, 0.2) is 35.1 Å². The third-order valence-corrected chi connectivity index (χ3v) is 3.28. The molecule has 0 unspecified atom stereocenters. The predicted molar refractivity (Wildman–Crippen MR) is 73.7 cm³/mol. The number of hydrogen-bond acceptors (Lipinski definition) is 1. The fourth-order valence-corrected chi connectivity index (χ4v) is 2.14. The number of benzene rings is 1. The molecule has 103 valence electrons. The molecule has 0 aliphatic carbocycles. The van der Waals surface area contributed by atoms with E-state index in [2.05, 4.69) is 6.07 Å². The molecule has 1 heterocycles. The molecule has 2 aromatic rings. The van der Waals surface area contributed by atoms with Gasteiger partial charge in [0.25, 0.3) is 6.43 Å². The van der Waals surface area contributed by atoms with Gasteiger partial charge in [-0.2, -0.15) is 12.1 Å². The van der Waals surface area contributed by atoms with E-state index in [1.807, 2.05) is 0 Å². The minimum Gasteiger partial charge on any atom is -0.336 e. The topological polar surface area (TPSA) is 22.0 Å². The van der Waals surface area contributed by atoms with Gasteiger partial charge >= 0.3 is 0 Å². The third kappa shape index (κ3) is 3.92. The van der Waals surface area contributed by atoms with Crippen molar-refractivity contribution in [1.29, 1.82) is 0 Å². The number of aromatic nitrogens is 1. The van der Waals surface area contributed by atoms with Crippen LogP contribution in [0.1, 0.15) is 0 Å². The summed E-state index contributed by atoms with van der Waals surface area (Å²) in [7, 11) is 0. The van der Waals surface area contributed by atoms with Crippen molar-refractivity contribution in [1.82, 2.24) is 4.57 Å². The molecule has 0 spiro atoms. The minimum absolute atomic E-state index is 0. The van der Waals surface area contributed by atoms with Crippen LogP contribution in [-0.4, -0.2) is 11.0 Å². The van der Waals surface area contributed by atoms with Gasteiger partial charge in [-0.3, -0.25) is 4.79 Å². The molecule has 0 bridgehead atoms. The smallest absolute Gasteiger partial charge is 0.256 e. The molecule has 0 fully saturated rings. The monoisotopic (exact) mass is 467 g/mol. The summed E-state index contributed by atoms with van der Waals surface area (Å²) in [6.07, 6.45) is -2.70. The molecule has 0 saturated heterocycles. The maximum Gasteiger partial charge on any atom is 0.256 e. The number of nitrogens with zero attached hydrogens (tertiary/aromatic N) is 1. The molecule has 2 nitrogen and oxygen atoms in total. The molecule has 2 rings (SSSR count). The Kier molecular flexibility index (Phi) is 6.87. The molecule has 7 heteroatoms. The van der Waals surface area contributed by atoms with E-state index in [0.29, 0.717) is 0 Å². The first kappa shape index (κ1) is 17.8. The van der Waals surface area contributed by atoms with E-state index in [9.17, 15) is 18.0 Å². The van der Waals surface area contributed by atoms with Gasteiger partial charge in [-0.25, -0.2) is 13.2 Å². The van der Waals surface area contributed by atoms with Crippen LogP contribution in [0, 0.1) is 15.5 Å². The zero-order valence-corrected chi connectivity index (χ0v) is 15.1. The summed E-state index contributed by atoms with van der Waals surface area (Å²) in [4.78, 5) is 11.9. The average molecular weight is 467 g/mol. The largest absolute Gasteiger partial charge is 0.336 e. The maximum atomic E-state index is 13.7. The van der Waals surface area contributed by atoms with Crippen LogP contribution in [0.5, 0.6) is 0 Å². The first-order valence-electron chi connectivity index (χ1n) is 5.34. The molecule has 0 atom stereocenters. The van der Waals surface area contributed by atoms with Crippen molar-refractivity contribution >= 4 is 22.6 Å². The quantitative estimate of drug-likeness (QED) is 0.502. The van der Waals surface area contributed by atoms with Crippen LogP contribution >= 0.6 is 22.6 Å². The second-order valence-electron chi connectivity index (χ2n) is 3.77. The van der Waals surface area contributed by atoms with Gasteiger partial charge in [-0.05, 0) is 9.64 Å². The zero-order chi connectivity index (χ0) is 14.0. The molecule has 0 N–H and O–H groups in total. The first-order chi connectivity index (χ1) is 9.00. The van der Waals surface area contributed by atoms with Gasteiger partial charge in [0.1, 0.15) is 0 Å². The predicted octanol–water partition coefficient (Wildman–Crippen LogP) is 3.32. The van der Waals surface area contributed by atoms with Crippen LogP contribution in [0.25, 0.3) is 11.3 Å². The fraction of sp³-hybridized carbons (Fsp3) is 0.154. The number of rotatable bonds is 3. The molecular weight excluding hydrogens is 459 g/mol. The van der Waals surface area contributed by atoms with E-state index in [1.165, 1.54) is 24.3 Å². The Bertz CT molecular complexity index is 660. The van der Waals surface area contributed by atoms with Gasteiger partial charge in [0.2, 0.25) is 5.56 Å². The SMILES string of the molecule is O=c1c(I)c[c-]c(-c2ccccc2F)n1CC(F)F.[Y]. The van der Waals surface area contributed by atoms with Gasteiger partial charge in [-0.15, -0.1) is 28.7 Å². The normalized spacial score (nSPS) is 10.4. The van der Waals surface area contributed by atoms with E-state index < -0.39 is 24.3 Å². The Morgan fingerprint density at radius 3 is 2.55 bits per heavy atom. The number of hydrogen-bond donors (Lipinski definition) is 0. The van der Waals surface area contributed by atoms with Crippen molar-refractivity contribution in [2.24, 2.45) is 0 Å². The van der Waals surface area contributed by atoms with Crippen LogP contribution in [-0.2, 0) is 39.3 Å². The molecule has 1 radical (unpaired) electrons. The number of halogens is 4. The zero-order valence-electron chi connectivity index (χ0n) is 10.1. The Balaban J connectivity index is 0.00000200. The van der Waals surface area contributed by atoms with Crippen molar-refractivity contribution < 1.29 is 45.9 Å². The van der Waals surface area contributed by atoms with Crippen molar-refractivity contribution in [3.8, 4) is 11.3 Å². The van der Waals surface area contributed by atoms with Crippen LogP contribution < -0.4 is 5.56 Å². The minimum atomic E-state index is -2.70. The molecule has 20 heavy (non-hydrogen) atoms. The second-order valence-corrected chi connectivity index (χ2v) is 4.93. The van der Waals surface area contributed by atoms with Gasteiger partial charge in [0.15, 0.2) is 0 Å². The van der Waals surface area contributed by atoms with Crippen LogP contribution in [0.3, 0.4) is 0 Å². The molecular formula is C13H8F3INOY-. The van der Waals surface area contributed by atoms with Gasteiger partial charge < -0.3 is 4.57 Å². The van der Waals surface area contributed by atoms with E-state index in [1.54, 1.807) is 28.7 Å². The van der Waals surface area contributed by atoms with Crippen molar-refractivity contribution in [2.45, 2.75) is 13.0 Å². The van der Waals surface area contributed by atoms with Crippen molar-refractivity contribution in [2.75, 3.05) is 0 Å². The van der Waals surface area contributed by atoms with Crippen LogP contribution in [0.2, 0.25) is 0 Å². The maximum absolute atomic E-state index is 13.7. The molecule has 0 amide bonds. The van der Waals surface area contributed by atoms with Crippen LogP contribution in [0.4, 0.5) is 13.2 Å². The number of alkyl halides is 2. The third-order valence-electron chi connectivity index (χ3n) is 2.50. The summed E-state index contributed by atoms with van der Waals surface area (Å²) in [5.41, 5.74) is -0.460. The summed E-state index contributed by atoms with van der Waals surface area (Å²) in [5, 5.41) is 0. The summed E-state index contributed by atoms with van der Waals surface area (Å²) in [5.74, 6) is -0.581. The summed E-state index contributed by atoms with van der Waals surface area (Å²) in [6, 6.07) is 9.75. The first-order valence-corrected chi connectivity index (χ1v) is 6.42. The molecule has 1 aromatic carbocycles. The van der Waals surface area contributed by atoms with Gasteiger partial charge in [0, 0.05) is 32.7 Å². The van der Waals surface area contributed by atoms with Crippen molar-refractivity contribution in [3.63, 3.8) is 0 Å². The Morgan fingerprint density at radius 2 is 1.95 bits per heavy atom. The molecule has 0 aliphatic heterocycles. The van der Waals surface area contributed by atoms with E-state index in [0.717, 1.165) is 4.57 Å². The van der Waals surface area contributed by atoms with E-state index >= 15 is 0 Å². The number of pyridine rings is 1. The van der Waals surface area contributed by atoms with Crippen molar-refractivity contribution in [3.05, 3.63) is 56.1 Å². The Morgan fingerprint density at radius 1 is 1.30 bits per heavy atom. The average Bonchev–Trinajstić information content (AvgIpc) is 2.36.